The summed E-state index contributed by atoms with van der Waals surface area (Å²) in [4.78, 5) is 11.1. The summed E-state index contributed by atoms with van der Waals surface area (Å²) >= 11 is 5.97. The highest BCUT2D eigenvalue weighted by molar-refractivity contribution is 7.90. The van der Waals surface area contributed by atoms with Crippen molar-refractivity contribution in [3.05, 3.63) is 59.4 Å². The smallest absolute Gasteiger partial charge is 0.175 e. The second kappa shape index (κ2) is 7.07. The highest BCUT2D eigenvalue weighted by atomic mass is 35.5. The van der Waals surface area contributed by atoms with Crippen molar-refractivity contribution in [3.63, 3.8) is 0 Å². The number of sulfone groups is 1. The minimum Gasteiger partial charge on any atom is -0.370 e. The van der Waals surface area contributed by atoms with E-state index >= 15 is 0 Å². The van der Waals surface area contributed by atoms with Crippen molar-refractivity contribution in [2.45, 2.75) is 11.0 Å². The molecule has 0 N–H and O–H groups in total. The summed E-state index contributed by atoms with van der Waals surface area (Å²) in [6, 6.07) is 12.5. The number of aromatic nitrogens is 2. The highest BCUT2D eigenvalue weighted by Crippen LogP contribution is 2.30. The molecule has 0 spiro atoms. The van der Waals surface area contributed by atoms with E-state index in [4.69, 9.17) is 16.3 Å². The van der Waals surface area contributed by atoms with Gasteiger partial charge in [0.05, 0.1) is 17.0 Å². The molecule has 1 atom stereocenters. The van der Waals surface area contributed by atoms with Crippen molar-refractivity contribution in [1.29, 1.82) is 0 Å². The fourth-order valence-corrected chi connectivity index (χ4v) is 4.00. The number of fused-ring (bicyclic) bond motifs is 1. The van der Waals surface area contributed by atoms with Crippen molar-refractivity contribution in [2.24, 2.45) is 0 Å². The molecule has 0 saturated carbocycles. The normalized spacial score (nSPS) is 18.0. The second-order valence-electron chi connectivity index (χ2n) is 6.51. The van der Waals surface area contributed by atoms with Crippen LogP contribution in [0.25, 0.3) is 10.9 Å². The van der Waals surface area contributed by atoms with Crippen LogP contribution in [0.15, 0.2) is 53.7 Å². The van der Waals surface area contributed by atoms with E-state index in [9.17, 15) is 8.42 Å². The summed E-state index contributed by atoms with van der Waals surface area (Å²) in [6.07, 6.45) is 2.59. The number of ether oxygens (including phenoxy) is 1. The van der Waals surface area contributed by atoms with Crippen LogP contribution in [0.1, 0.15) is 11.7 Å². The van der Waals surface area contributed by atoms with E-state index in [0.717, 1.165) is 10.9 Å². The Labute approximate surface area is 162 Å². The van der Waals surface area contributed by atoms with Crippen LogP contribution in [-0.4, -0.2) is 44.3 Å². The molecule has 1 aromatic heterocycles. The number of hydrogen-bond acceptors (Lipinski definition) is 6. The van der Waals surface area contributed by atoms with Gasteiger partial charge in [-0.1, -0.05) is 23.7 Å². The van der Waals surface area contributed by atoms with Crippen LogP contribution >= 0.6 is 11.6 Å². The van der Waals surface area contributed by atoms with E-state index in [0.29, 0.717) is 36.1 Å². The predicted octanol–water partition coefficient (Wildman–Crippen LogP) is 3.26. The summed E-state index contributed by atoms with van der Waals surface area (Å²) in [5, 5.41) is 1.40. The van der Waals surface area contributed by atoms with Crippen molar-refractivity contribution in [3.8, 4) is 0 Å². The highest BCUT2D eigenvalue weighted by Gasteiger charge is 2.24. The minimum absolute atomic E-state index is 0.112. The molecule has 27 heavy (non-hydrogen) atoms. The largest absolute Gasteiger partial charge is 0.370 e. The van der Waals surface area contributed by atoms with Crippen LogP contribution in [-0.2, 0) is 14.6 Å². The molecule has 0 amide bonds. The first-order valence-corrected chi connectivity index (χ1v) is 10.8. The van der Waals surface area contributed by atoms with Gasteiger partial charge in [-0.05, 0) is 35.9 Å². The van der Waals surface area contributed by atoms with Crippen LogP contribution in [0.4, 0.5) is 5.82 Å². The number of hydrogen-bond donors (Lipinski definition) is 0. The quantitative estimate of drug-likeness (QED) is 0.668. The molecule has 1 aliphatic rings. The van der Waals surface area contributed by atoms with E-state index in [1.165, 1.54) is 12.6 Å². The fraction of sp³-hybridized carbons (Fsp3) is 0.263. The molecule has 1 unspecified atom stereocenters. The Kier molecular flexibility index (Phi) is 4.75. The van der Waals surface area contributed by atoms with E-state index in [-0.39, 0.29) is 11.0 Å². The molecule has 6 nitrogen and oxygen atoms in total. The van der Waals surface area contributed by atoms with Crippen LogP contribution < -0.4 is 4.90 Å². The third-order valence-electron chi connectivity index (χ3n) is 4.62. The molecule has 2 heterocycles. The standard InChI is InChI=1S/C19H18ClN3O3S/c1-27(24,25)15-6-7-17-16(10-15)19(22-12-21-17)23-8-9-26-18(11-23)13-2-4-14(20)5-3-13/h2-7,10,12,18H,8-9,11H2,1H3. The molecule has 4 rings (SSSR count). The van der Waals surface area contributed by atoms with Crippen molar-refractivity contribution >= 4 is 38.2 Å². The number of rotatable bonds is 3. The number of morpholine rings is 1. The van der Waals surface area contributed by atoms with Crippen molar-refractivity contribution in [1.82, 2.24) is 9.97 Å². The van der Waals surface area contributed by atoms with E-state index in [1.54, 1.807) is 18.2 Å². The summed E-state index contributed by atoms with van der Waals surface area (Å²) in [7, 11) is -3.31. The molecule has 8 heteroatoms. The number of anilines is 1. The molecule has 0 radical (unpaired) electrons. The van der Waals surface area contributed by atoms with Gasteiger partial charge in [-0.25, -0.2) is 18.4 Å². The summed E-state index contributed by atoms with van der Waals surface area (Å²) in [6.45, 7) is 1.82. The average Bonchev–Trinajstić information content (AvgIpc) is 2.67. The van der Waals surface area contributed by atoms with Gasteiger partial charge in [-0.2, -0.15) is 0 Å². The molecule has 1 aliphatic heterocycles. The summed E-state index contributed by atoms with van der Waals surface area (Å²) < 4.78 is 29.8. The van der Waals surface area contributed by atoms with Gasteiger partial charge in [0, 0.05) is 29.8 Å². The first-order valence-electron chi connectivity index (χ1n) is 8.49. The Morgan fingerprint density at radius 2 is 1.93 bits per heavy atom. The maximum Gasteiger partial charge on any atom is 0.175 e. The third-order valence-corrected chi connectivity index (χ3v) is 5.98. The van der Waals surface area contributed by atoms with Gasteiger partial charge in [0.2, 0.25) is 0 Å². The van der Waals surface area contributed by atoms with Crippen LogP contribution in [0.5, 0.6) is 0 Å². The third kappa shape index (κ3) is 3.76. The SMILES string of the molecule is CS(=O)(=O)c1ccc2ncnc(N3CCOC(c4ccc(Cl)cc4)C3)c2c1. The number of halogens is 1. The lowest BCUT2D eigenvalue weighted by Gasteiger charge is -2.34. The summed E-state index contributed by atoms with van der Waals surface area (Å²) in [5.41, 5.74) is 1.75. The van der Waals surface area contributed by atoms with Crippen molar-refractivity contribution in [2.75, 3.05) is 30.9 Å². The Bertz CT molecular complexity index is 1090. The molecule has 3 aromatic rings. The topological polar surface area (TPSA) is 72.4 Å². The average molecular weight is 404 g/mol. The zero-order valence-corrected chi connectivity index (χ0v) is 16.2. The van der Waals surface area contributed by atoms with Crippen LogP contribution in [0.3, 0.4) is 0 Å². The molecule has 0 aliphatic carbocycles. The number of nitrogens with zero attached hydrogens (tertiary/aromatic N) is 3. The van der Waals surface area contributed by atoms with Crippen LogP contribution in [0, 0.1) is 0 Å². The molecule has 2 aromatic carbocycles. The zero-order chi connectivity index (χ0) is 19.0. The van der Waals surface area contributed by atoms with Gasteiger partial charge < -0.3 is 9.64 Å². The molecule has 140 valence electrons. The molecule has 0 bridgehead atoms. The second-order valence-corrected chi connectivity index (χ2v) is 8.96. The van der Waals surface area contributed by atoms with E-state index in [2.05, 4.69) is 14.9 Å². The maximum absolute atomic E-state index is 11.9. The van der Waals surface area contributed by atoms with Gasteiger partial charge in [-0.3, -0.25) is 0 Å². The monoisotopic (exact) mass is 403 g/mol. The Balaban J connectivity index is 1.71. The fourth-order valence-electron chi connectivity index (χ4n) is 3.23. The minimum atomic E-state index is -3.31. The zero-order valence-electron chi connectivity index (χ0n) is 14.7. The van der Waals surface area contributed by atoms with Crippen LogP contribution in [0.2, 0.25) is 5.02 Å². The Morgan fingerprint density at radius 1 is 1.15 bits per heavy atom. The van der Waals surface area contributed by atoms with Gasteiger partial charge in [0.15, 0.2) is 9.84 Å². The van der Waals surface area contributed by atoms with Gasteiger partial charge in [0.1, 0.15) is 18.2 Å². The predicted molar refractivity (Wildman–Crippen MR) is 105 cm³/mol. The lowest BCUT2D eigenvalue weighted by Crippen LogP contribution is -2.39. The first kappa shape index (κ1) is 18.2. The van der Waals surface area contributed by atoms with Gasteiger partial charge in [0.25, 0.3) is 0 Å². The Morgan fingerprint density at radius 3 is 2.67 bits per heavy atom. The lowest BCUT2D eigenvalue weighted by molar-refractivity contribution is 0.0396. The maximum atomic E-state index is 11.9. The first-order chi connectivity index (χ1) is 12.9. The number of benzene rings is 2. The van der Waals surface area contributed by atoms with Crippen molar-refractivity contribution < 1.29 is 13.2 Å². The molecular weight excluding hydrogens is 386 g/mol. The molecule has 1 saturated heterocycles. The summed E-state index contributed by atoms with van der Waals surface area (Å²) in [5.74, 6) is 0.716. The lowest BCUT2D eigenvalue weighted by atomic mass is 10.1. The molecule has 1 fully saturated rings. The van der Waals surface area contributed by atoms with Gasteiger partial charge >= 0.3 is 0 Å². The van der Waals surface area contributed by atoms with Gasteiger partial charge in [-0.15, -0.1) is 0 Å². The Hall–Kier alpha value is -2.22. The van der Waals surface area contributed by atoms with E-state index < -0.39 is 9.84 Å². The molecular formula is C19H18ClN3O3S. The van der Waals surface area contributed by atoms with E-state index in [1.807, 2.05) is 24.3 Å².